The van der Waals surface area contributed by atoms with Gasteiger partial charge in [0.05, 0.1) is 0 Å². The van der Waals surface area contributed by atoms with Gasteiger partial charge in [0.25, 0.3) is 0 Å². The zero-order valence-electron chi connectivity index (χ0n) is 6.87. The fourth-order valence-electron chi connectivity index (χ4n) is 0.851. The van der Waals surface area contributed by atoms with Crippen LogP contribution >= 0.6 is 10.5 Å². The molecule has 60 valence electrons. The van der Waals surface area contributed by atoms with Gasteiger partial charge in [-0.05, 0) is 31.4 Å². The number of benzene rings is 1. The third kappa shape index (κ3) is 2.09. The topological polar surface area (TPSA) is 26.0 Å². The molecule has 2 heteroatoms. The maximum atomic E-state index is 5.64. The summed E-state index contributed by atoms with van der Waals surface area (Å²) in [5.41, 5.74) is 6.49. The van der Waals surface area contributed by atoms with E-state index in [4.69, 9.17) is 5.73 Å². The van der Waals surface area contributed by atoms with Gasteiger partial charge in [-0.3, -0.25) is 0 Å². The number of nitrogens with two attached hydrogens (primary N) is 1. The first-order chi connectivity index (χ1) is 5.24. The van der Waals surface area contributed by atoms with E-state index in [-0.39, 0.29) is 10.5 Å². The smallest absolute Gasteiger partial charge is 0.0325 e. The standard InChI is InChI=1S/C9H13NS/c1-3-11(2)9-6-4-5-8(10)7-9/h3-7H,10H2,1-2H3. The third-order valence-corrected chi connectivity index (χ3v) is 3.29. The fraction of sp³-hybridized carbons (Fsp3) is 0.222. The lowest BCUT2D eigenvalue weighted by Gasteiger charge is -2.02. The Hall–Kier alpha value is -0.760. The minimum Gasteiger partial charge on any atom is -0.399 e. The summed E-state index contributed by atoms with van der Waals surface area (Å²) in [6, 6.07) is 8.05. The Morgan fingerprint density at radius 3 is 2.73 bits per heavy atom. The Morgan fingerprint density at radius 1 is 1.45 bits per heavy atom. The highest BCUT2D eigenvalue weighted by molar-refractivity contribution is 8.14. The molecule has 0 radical (unpaired) electrons. The molecule has 2 N–H and O–H groups in total. The van der Waals surface area contributed by atoms with Crippen molar-refractivity contribution in [1.29, 1.82) is 0 Å². The normalized spacial score (nSPS) is 13.3. The van der Waals surface area contributed by atoms with Crippen LogP contribution in [0.3, 0.4) is 0 Å². The van der Waals surface area contributed by atoms with Crippen molar-refractivity contribution in [2.24, 2.45) is 0 Å². The van der Waals surface area contributed by atoms with Gasteiger partial charge in [-0.25, -0.2) is 0 Å². The van der Waals surface area contributed by atoms with Crippen LogP contribution in [-0.4, -0.2) is 11.6 Å². The highest BCUT2D eigenvalue weighted by Gasteiger charge is 1.91. The molecule has 1 atom stereocenters. The molecule has 0 saturated heterocycles. The van der Waals surface area contributed by atoms with Gasteiger partial charge in [-0.2, -0.15) is 10.5 Å². The molecule has 1 nitrogen and oxygen atoms in total. The Kier molecular flexibility index (Phi) is 2.71. The van der Waals surface area contributed by atoms with Gasteiger partial charge >= 0.3 is 0 Å². The first-order valence-corrected chi connectivity index (χ1v) is 5.23. The van der Waals surface area contributed by atoms with Crippen LogP contribution in [0.2, 0.25) is 0 Å². The fourth-order valence-corrected chi connectivity index (χ4v) is 1.74. The van der Waals surface area contributed by atoms with E-state index in [2.05, 4.69) is 24.6 Å². The first-order valence-electron chi connectivity index (χ1n) is 3.54. The quantitative estimate of drug-likeness (QED) is 0.504. The van der Waals surface area contributed by atoms with Crippen molar-refractivity contribution in [3.63, 3.8) is 0 Å². The molecule has 0 fully saturated rings. The maximum Gasteiger partial charge on any atom is 0.0325 e. The summed E-state index contributed by atoms with van der Waals surface area (Å²) < 4.78 is 0. The zero-order valence-corrected chi connectivity index (χ0v) is 7.69. The van der Waals surface area contributed by atoms with Gasteiger partial charge in [0.2, 0.25) is 0 Å². The molecular weight excluding hydrogens is 154 g/mol. The Bertz CT molecular complexity index is 279. The number of anilines is 1. The second-order valence-corrected chi connectivity index (χ2v) is 4.42. The molecular formula is C9H13NS. The van der Waals surface area contributed by atoms with Crippen LogP contribution in [0.15, 0.2) is 29.2 Å². The largest absolute Gasteiger partial charge is 0.399 e. The van der Waals surface area contributed by atoms with Crippen LogP contribution in [0.1, 0.15) is 6.92 Å². The van der Waals surface area contributed by atoms with Crippen LogP contribution < -0.4 is 5.73 Å². The molecule has 0 heterocycles. The van der Waals surface area contributed by atoms with E-state index < -0.39 is 0 Å². The number of hydrogen-bond donors (Lipinski definition) is 1. The molecule has 0 spiro atoms. The lowest BCUT2D eigenvalue weighted by molar-refractivity contribution is 1.47. The minimum absolute atomic E-state index is 0.244. The van der Waals surface area contributed by atoms with Crippen molar-refractivity contribution < 1.29 is 0 Å². The summed E-state index contributed by atoms with van der Waals surface area (Å²) in [7, 11) is 0.244. The van der Waals surface area contributed by atoms with Gasteiger partial charge in [-0.15, -0.1) is 0 Å². The third-order valence-electron chi connectivity index (χ3n) is 1.58. The van der Waals surface area contributed by atoms with Crippen molar-refractivity contribution in [2.75, 3.05) is 12.0 Å². The minimum atomic E-state index is 0.244. The summed E-state index contributed by atoms with van der Waals surface area (Å²) in [4.78, 5) is 1.31. The molecule has 11 heavy (non-hydrogen) atoms. The second-order valence-electron chi connectivity index (χ2n) is 2.37. The second kappa shape index (κ2) is 3.58. The Labute approximate surface area is 70.2 Å². The zero-order chi connectivity index (χ0) is 8.27. The van der Waals surface area contributed by atoms with Crippen molar-refractivity contribution in [2.45, 2.75) is 11.8 Å². The Balaban J connectivity index is 3.06. The van der Waals surface area contributed by atoms with E-state index in [1.165, 1.54) is 4.90 Å². The Morgan fingerprint density at radius 2 is 2.18 bits per heavy atom. The number of nitrogen functional groups attached to an aromatic ring is 1. The number of hydrogen-bond acceptors (Lipinski definition) is 1. The lowest BCUT2D eigenvalue weighted by atomic mass is 10.3. The molecule has 0 aliphatic heterocycles. The molecule has 0 saturated carbocycles. The summed E-state index contributed by atoms with van der Waals surface area (Å²) in [5.74, 6) is 0. The molecule has 0 aliphatic carbocycles. The van der Waals surface area contributed by atoms with E-state index in [1.54, 1.807) is 0 Å². The average Bonchev–Trinajstić information content (AvgIpc) is 2.03. The summed E-state index contributed by atoms with van der Waals surface area (Å²) in [5, 5.41) is 2.19. The van der Waals surface area contributed by atoms with Crippen molar-refractivity contribution in [3.8, 4) is 0 Å². The van der Waals surface area contributed by atoms with Gasteiger partial charge < -0.3 is 5.73 Å². The molecule has 0 aromatic heterocycles. The number of rotatable bonds is 1. The molecule has 1 unspecified atom stereocenters. The van der Waals surface area contributed by atoms with Crippen LogP contribution in [-0.2, 0) is 0 Å². The van der Waals surface area contributed by atoms with E-state index in [0.29, 0.717) is 0 Å². The van der Waals surface area contributed by atoms with Gasteiger partial charge in [0.15, 0.2) is 0 Å². The van der Waals surface area contributed by atoms with Crippen LogP contribution in [0, 0.1) is 0 Å². The van der Waals surface area contributed by atoms with Gasteiger partial charge in [0.1, 0.15) is 0 Å². The molecule has 0 amide bonds. The maximum absolute atomic E-state index is 5.64. The molecule has 1 aromatic carbocycles. The summed E-state index contributed by atoms with van der Waals surface area (Å²) in [6.45, 7) is 2.08. The molecule has 0 aliphatic rings. The monoisotopic (exact) mass is 167 g/mol. The van der Waals surface area contributed by atoms with Crippen molar-refractivity contribution >= 4 is 21.5 Å². The van der Waals surface area contributed by atoms with E-state index in [0.717, 1.165) is 5.69 Å². The van der Waals surface area contributed by atoms with Crippen LogP contribution in [0.25, 0.3) is 0 Å². The van der Waals surface area contributed by atoms with Gasteiger partial charge in [-0.1, -0.05) is 11.4 Å². The molecule has 1 aromatic rings. The summed E-state index contributed by atoms with van der Waals surface area (Å²) >= 11 is 0. The van der Waals surface area contributed by atoms with Gasteiger partial charge in [0, 0.05) is 10.6 Å². The highest BCUT2D eigenvalue weighted by atomic mass is 32.2. The molecule has 0 bridgehead atoms. The highest BCUT2D eigenvalue weighted by Crippen LogP contribution is 2.23. The predicted octanol–water partition coefficient (Wildman–Crippen LogP) is 2.35. The van der Waals surface area contributed by atoms with Crippen molar-refractivity contribution in [3.05, 3.63) is 24.3 Å². The first kappa shape index (κ1) is 8.34. The SMILES string of the molecule is C/C=S(/C)c1cccc(N)c1. The van der Waals surface area contributed by atoms with Crippen molar-refractivity contribution in [1.82, 2.24) is 0 Å². The average molecular weight is 167 g/mol. The van der Waals surface area contributed by atoms with Crippen LogP contribution in [0.4, 0.5) is 5.69 Å². The van der Waals surface area contributed by atoms with E-state index in [1.807, 2.05) is 18.2 Å². The van der Waals surface area contributed by atoms with E-state index >= 15 is 0 Å². The molecule has 1 rings (SSSR count). The van der Waals surface area contributed by atoms with Crippen LogP contribution in [0.5, 0.6) is 0 Å². The summed E-state index contributed by atoms with van der Waals surface area (Å²) in [6.07, 6.45) is 2.19. The predicted molar refractivity (Wildman–Crippen MR) is 54.4 cm³/mol. The van der Waals surface area contributed by atoms with E-state index in [9.17, 15) is 0 Å². The lowest BCUT2D eigenvalue weighted by Crippen LogP contribution is -1.84.